The second kappa shape index (κ2) is 6.75. The molecule has 0 N–H and O–H groups in total. The second-order valence-electron chi connectivity index (χ2n) is 6.14. The summed E-state index contributed by atoms with van der Waals surface area (Å²) in [7, 11) is -3.98. The number of fused-ring (bicyclic) bond motifs is 1. The van der Waals surface area contributed by atoms with Crippen LogP contribution in [0, 0.1) is 13.8 Å². The van der Waals surface area contributed by atoms with E-state index in [1.54, 1.807) is 66.1 Å². The van der Waals surface area contributed by atoms with E-state index < -0.39 is 10.1 Å². The van der Waals surface area contributed by atoms with Gasteiger partial charge in [0.25, 0.3) is 0 Å². The summed E-state index contributed by atoms with van der Waals surface area (Å²) < 4.78 is 31.0. The Morgan fingerprint density at radius 2 is 1.78 bits per heavy atom. The van der Waals surface area contributed by atoms with Crippen molar-refractivity contribution in [2.75, 3.05) is 0 Å². The number of hydrogen-bond donors (Lipinski definition) is 0. The molecule has 0 radical (unpaired) electrons. The third-order valence-corrected chi connectivity index (χ3v) is 6.44. The molecule has 27 heavy (non-hydrogen) atoms. The van der Waals surface area contributed by atoms with E-state index in [4.69, 9.17) is 4.18 Å². The van der Waals surface area contributed by atoms with Crippen LogP contribution in [-0.4, -0.2) is 18.4 Å². The van der Waals surface area contributed by atoms with Crippen molar-refractivity contribution in [2.45, 2.75) is 18.7 Å². The van der Waals surface area contributed by atoms with E-state index in [9.17, 15) is 8.42 Å². The van der Waals surface area contributed by atoms with Crippen LogP contribution in [-0.2, 0) is 10.1 Å². The number of benzene rings is 2. The van der Waals surface area contributed by atoms with E-state index in [2.05, 4.69) is 9.97 Å². The van der Waals surface area contributed by atoms with Crippen LogP contribution in [0.3, 0.4) is 0 Å². The van der Waals surface area contributed by atoms with Crippen molar-refractivity contribution in [3.8, 4) is 16.3 Å². The molecule has 0 spiro atoms. The average molecular weight is 396 g/mol. The zero-order chi connectivity index (χ0) is 19.0. The number of rotatable bonds is 4. The number of nitrogens with zero attached hydrogens (tertiary/aromatic N) is 2. The van der Waals surface area contributed by atoms with Gasteiger partial charge in [0.2, 0.25) is 0 Å². The van der Waals surface area contributed by atoms with Gasteiger partial charge in [0.15, 0.2) is 0 Å². The van der Waals surface area contributed by atoms with Gasteiger partial charge in [-0.2, -0.15) is 8.42 Å². The monoisotopic (exact) mass is 396 g/mol. The lowest BCUT2D eigenvalue weighted by Gasteiger charge is -2.10. The average Bonchev–Trinajstić information content (AvgIpc) is 3.09. The summed E-state index contributed by atoms with van der Waals surface area (Å²) in [5.41, 5.74) is 3.44. The van der Waals surface area contributed by atoms with Gasteiger partial charge in [-0.3, -0.25) is 4.98 Å². The molecule has 0 aliphatic rings. The minimum atomic E-state index is -3.98. The highest BCUT2D eigenvalue weighted by Gasteiger charge is 2.21. The van der Waals surface area contributed by atoms with Crippen molar-refractivity contribution < 1.29 is 12.6 Å². The van der Waals surface area contributed by atoms with E-state index in [1.165, 1.54) is 0 Å². The first-order chi connectivity index (χ1) is 12.9. The fraction of sp³-hybridized carbons (Fsp3) is 0.100. The Morgan fingerprint density at radius 1 is 1.00 bits per heavy atom. The molecule has 4 rings (SSSR count). The van der Waals surface area contributed by atoms with Crippen LogP contribution < -0.4 is 4.18 Å². The summed E-state index contributed by atoms with van der Waals surface area (Å²) in [6.45, 7) is 3.83. The Bertz CT molecular complexity index is 1230. The number of thiazole rings is 1. The lowest BCUT2D eigenvalue weighted by atomic mass is 10.1. The van der Waals surface area contributed by atoms with Crippen LogP contribution in [0.4, 0.5) is 0 Å². The first-order valence-corrected chi connectivity index (χ1v) is 10.5. The number of hydrogen-bond acceptors (Lipinski definition) is 6. The molecule has 0 aliphatic carbocycles. The summed E-state index contributed by atoms with van der Waals surface area (Å²) in [6, 6.07) is 13.6. The topological polar surface area (TPSA) is 69.2 Å². The maximum absolute atomic E-state index is 12.8. The molecule has 2 heterocycles. The van der Waals surface area contributed by atoms with E-state index in [-0.39, 0.29) is 10.6 Å². The van der Waals surface area contributed by atoms with Gasteiger partial charge >= 0.3 is 10.1 Å². The van der Waals surface area contributed by atoms with Crippen molar-refractivity contribution in [3.63, 3.8) is 0 Å². The largest absolute Gasteiger partial charge is 0.379 e. The Balaban J connectivity index is 1.67. The summed E-state index contributed by atoms with van der Waals surface area (Å²) >= 11 is 1.54. The molecule has 136 valence electrons. The maximum atomic E-state index is 12.8. The molecule has 0 amide bonds. The molecule has 7 heteroatoms. The van der Waals surface area contributed by atoms with Crippen molar-refractivity contribution in [2.24, 2.45) is 0 Å². The van der Waals surface area contributed by atoms with Gasteiger partial charge in [0.05, 0.1) is 5.52 Å². The first-order valence-electron chi connectivity index (χ1n) is 8.25. The highest BCUT2D eigenvalue weighted by Crippen LogP contribution is 2.29. The summed E-state index contributed by atoms with van der Waals surface area (Å²) in [5, 5.41) is 3.41. The molecule has 0 fully saturated rings. The van der Waals surface area contributed by atoms with Crippen molar-refractivity contribution in [3.05, 3.63) is 71.4 Å². The second-order valence-corrected chi connectivity index (χ2v) is 8.51. The predicted octanol–water partition coefficient (Wildman–Crippen LogP) is 4.74. The van der Waals surface area contributed by atoms with Gasteiger partial charge in [0.1, 0.15) is 15.7 Å². The molecule has 0 atom stereocenters. The molecule has 0 unspecified atom stereocenters. The summed E-state index contributed by atoms with van der Waals surface area (Å²) in [4.78, 5) is 8.82. The van der Waals surface area contributed by atoms with Crippen LogP contribution in [0.2, 0.25) is 0 Å². The summed E-state index contributed by atoms with van der Waals surface area (Å²) in [5.74, 6) is 0.254. The van der Waals surface area contributed by atoms with Gasteiger partial charge in [-0.1, -0.05) is 6.07 Å². The first kappa shape index (κ1) is 17.6. The Hall–Kier alpha value is -2.77. The van der Waals surface area contributed by atoms with E-state index in [0.29, 0.717) is 10.9 Å². The lowest BCUT2D eigenvalue weighted by molar-refractivity contribution is 0.487. The smallest absolute Gasteiger partial charge is 0.339 e. The predicted molar refractivity (Wildman–Crippen MR) is 107 cm³/mol. The highest BCUT2D eigenvalue weighted by molar-refractivity contribution is 7.87. The zero-order valence-electron chi connectivity index (χ0n) is 14.7. The maximum Gasteiger partial charge on any atom is 0.339 e. The quantitative estimate of drug-likeness (QED) is 0.466. The highest BCUT2D eigenvalue weighted by atomic mass is 32.2. The van der Waals surface area contributed by atoms with Gasteiger partial charge in [-0.15, -0.1) is 11.3 Å². The molecule has 0 saturated heterocycles. The third kappa shape index (κ3) is 3.43. The molecule has 2 aromatic carbocycles. The minimum absolute atomic E-state index is 0.107. The molecule has 5 nitrogen and oxygen atoms in total. The van der Waals surface area contributed by atoms with Crippen LogP contribution in [0.5, 0.6) is 5.75 Å². The SMILES string of the molecule is Cc1csc(-c2ccc(OS(=O)(=O)c3ccc(C)c4ncccc34)cc2)n1. The van der Waals surface area contributed by atoms with E-state index >= 15 is 0 Å². The summed E-state index contributed by atoms with van der Waals surface area (Å²) in [6.07, 6.45) is 1.64. The molecular weight excluding hydrogens is 380 g/mol. The van der Waals surface area contributed by atoms with Crippen molar-refractivity contribution >= 4 is 32.4 Å². The molecular formula is C20H16N2O3S2. The molecule has 0 bridgehead atoms. The lowest BCUT2D eigenvalue weighted by Crippen LogP contribution is -2.10. The van der Waals surface area contributed by atoms with Crippen molar-refractivity contribution in [1.82, 2.24) is 9.97 Å². The molecule has 2 aromatic heterocycles. The van der Waals surface area contributed by atoms with Gasteiger partial charge in [-0.05, 0) is 61.9 Å². The van der Waals surface area contributed by atoms with Crippen LogP contribution in [0.25, 0.3) is 21.5 Å². The van der Waals surface area contributed by atoms with Gasteiger partial charge in [0, 0.05) is 28.2 Å². The zero-order valence-corrected chi connectivity index (χ0v) is 16.3. The standard InChI is InChI=1S/C20H16N2O3S2/c1-13-5-10-18(17-4-3-11-21-19(13)17)27(23,24)25-16-8-6-15(7-9-16)20-22-14(2)12-26-20/h3-12H,1-2H3. The number of pyridine rings is 1. The van der Waals surface area contributed by atoms with Gasteiger partial charge < -0.3 is 4.18 Å². The number of aryl methyl sites for hydroxylation is 2. The van der Waals surface area contributed by atoms with Crippen LogP contribution in [0.1, 0.15) is 11.3 Å². The fourth-order valence-corrected chi connectivity index (χ4v) is 4.74. The van der Waals surface area contributed by atoms with Crippen molar-refractivity contribution in [1.29, 1.82) is 0 Å². The molecule has 0 saturated carbocycles. The minimum Gasteiger partial charge on any atom is -0.379 e. The molecule has 0 aliphatic heterocycles. The van der Waals surface area contributed by atoms with E-state index in [1.807, 2.05) is 19.2 Å². The normalized spacial score (nSPS) is 11.6. The Kier molecular flexibility index (Phi) is 4.41. The Morgan fingerprint density at radius 3 is 2.48 bits per heavy atom. The van der Waals surface area contributed by atoms with Gasteiger partial charge in [-0.25, -0.2) is 4.98 Å². The fourth-order valence-electron chi connectivity index (χ4n) is 2.82. The van der Waals surface area contributed by atoms with Crippen LogP contribution >= 0.6 is 11.3 Å². The van der Waals surface area contributed by atoms with E-state index in [0.717, 1.165) is 21.8 Å². The third-order valence-electron chi connectivity index (χ3n) is 4.13. The molecule has 4 aromatic rings. The Labute approximate surface area is 161 Å². The van der Waals surface area contributed by atoms with Crippen LogP contribution in [0.15, 0.2) is 65.0 Å². The number of aromatic nitrogens is 2.